The molecular formula is C17H23N5O3. The molecule has 2 unspecified atom stereocenters. The average Bonchev–Trinajstić information content (AvgIpc) is 3.21. The minimum atomic E-state index is -0.967. The molecule has 0 saturated heterocycles. The smallest absolute Gasteiger partial charge is 0.267 e. The third-order valence-corrected chi connectivity index (χ3v) is 6.01. The van der Waals surface area contributed by atoms with Crippen molar-refractivity contribution in [3.8, 4) is 0 Å². The molecule has 2 aliphatic rings. The van der Waals surface area contributed by atoms with Crippen LogP contribution in [0.4, 0.5) is 0 Å². The summed E-state index contributed by atoms with van der Waals surface area (Å²) in [6, 6.07) is 1.49. The summed E-state index contributed by atoms with van der Waals surface area (Å²) in [6.07, 6.45) is 4.64. The Morgan fingerprint density at radius 1 is 1.36 bits per heavy atom. The van der Waals surface area contributed by atoms with Crippen LogP contribution >= 0.6 is 0 Å². The Balaban J connectivity index is 1.56. The van der Waals surface area contributed by atoms with E-state index in [1.54, 1.807) is 29.7 Å². The Morgan fingerprint density at radius 2 is 2.00 bits per heavy atom. The van der Waals surface area contributed by atoms with Crippen LogP contribution in [0.25, 0.3) is 0 Å². The molecule has 2 saturated carbocycles. The number of primary amides is 1. The molecule has 0 bridgehead atoms. The van der Waals surface area contributed by atoms with E-state index < -0.39 is 11.5 Å². The van der Waals surface area contributed by atoms with Gasteiger partial charge in [-0.25, -0.2) is 4.98 Å². The van der Waals surface area contributed by atoms with Gasteiger partial charge in [0.15, 0.2) is 0 Å². The largest absolute Gasteiger partial charge is 0.384 e. The summed E-state index contributed by atoms with van der Waals surface area (Å²) in [5, 5.41) is 13.8. The first kappa shape index (κ1) is 16.1. The van der Waals surface area contributed by atoms with Gasteiger partial charge < -0.3 is 15.4 Å². The van der Waals surface area contributed by atoms with Gasteiger partial charge >= 0.3 is 0 Å². The van der Waals surface area contributed by atoms with E-state index in [1.807, 2.05) is 0 Å². The molecule has 2 fully saturated rings. The van der Waals surface area contributed by atoms with Crippen LogP contribution in [0, 0.1) is 11.8 Å². The minimum Gasteiger partial charge on any atom is -0.384 e. The number of aryl methyl sites for hydroxylation is 2. The summed E-state index contributed by atoms with van der Waals surface area (Å²) < 4.78 is 3.29. The highest BCUT2D eigenvalue weighted by molar-refractivity contribution is 5.92. The second-order valence-corrected chi connectivity index (χ2v) is 7.65. The van der Waals surface area contributed by atoms with Gasteiger partial charge in [0, 0.05) is 26.1 Å². The molecule has 0 spiro atoms. The fourth-order valence-electron chi connectivity index (χ4n) is 5.07. The zero-order valence-corrected chi connectivity index (χ0v) is 14.4. The first-order valence-electron chi connectivity index (χ1n) is 8.58. The molecule has 4 N–H and O–H groups in total. The predicted molar refractivity (Wildman–Crippen MR) is 89.8 cm³/mol. The Labute approximate surface area is 144 Å². The minimum absolute atomic E-state index is 0.193. The summed E-state index contributed by atoms with van der Waals surface area (Å²) in [6.45, 7) is 0. The zero-order chi connectivity index (χ0) is 17.9. The number of H-pyrrole nitrogens is 1. The van der Waals surface area contributed by atoms with Crippen molar-refractivity contribution >= 4 is 5.91 Å². The van der Waals surface area contributed by atoms with E-state index in [2.05, 4.69) is 10.1 Å². The number of carbonyl (C=O) groups excluding carboxylic acids is 1. The van der Waals surface area contributed by atoms with Gasteiger partial charge in [-0.1, -0.05) is 0 Å². The first-order valence-corrected chi connectivity index (χ1v) is 8.58. The number of aliphatic hydroxyl groups is 1. The lowest BCUT2D eigenvalue weighted by Crippen LogP contribution is -2.26. The van der Waals surface area contributed by atoms with E-state index >= 15 is 0 Å². The fraction of sp³-hybridized carbons (Fsp3) is 0.588. The number of hydrogen-bond acceptors (Lipinski definition) is 4. The quantitative estimate of drug-likeness (QED) is 0.743. The zero-order valence-electron chi connectivity index (χ0n) is 14.4. The van der Waals surface area contributed by atoms with Crippen LogP contribution in [0.1, 0.15) is 53.5 Å². The van der Waals surface area contributed by atoms with Crippen molar-refractivity contribution in [3.05, 3.63) is 39.8 Å². The summed E-state index contributed by atoms with van der Waals surface area (Å²) in [5.41, 5.74) is 6.26. The Hall–Kier alpha value is -2.35. The molecule has 2 aromatic rings. The number of nitrogens with one attached hydrogen (secondary N) is 1. The number of imidazole rings is 1. The number of aromatic amines is 1. The molecule has 2 aromatic heterocycles. The molecule has 8 nitrogen and oxygen atoms in total. The van der Waals surface area contributed by atoms with Crippen molar-refractivity contribution in [2.45, 2.75) is 37.2 Å². The highest BCUT2D eigenvalue weighted by Gasteiger charge is 2.51. The standard InChI is InChI=1S/C17H23N5O3/c1-21-8-19-14(15(21)16(18)24)9-3-10-6-17(25,7-11(10)4-9)12-5-13(23)20-22(12)2/h5,8-11,25H,3-4,6-7H2,1-2H3,(H2,18,24)(H,20,23). The van der Waals surface area contributed by atoms with E-state index in [0.717, 1.165) is 18.5 Å². The molecule has 0 aromatic carbocycles. The molecule has 4 rings (SSSR count). The van der Waals surface area contributed by atoms with Crippen molar-refractivity contribution in [2.24, 2.45) is 31.7 Å². The lowest BCUT2D eigenvalue weighted by atomic mass is 9.90. The lowest BCUT2D eigenvalue weighted by molar-refractivity contribution is 0.0263. The molecule has 2 heterocycles. The van der Waals surface area contributed by atoms with E-state index in [1.165, 1.54) is 6.07 Å². The SMILES string of the molecule is Cn1cnc(C2CC3CC(O)(c4cc(=O)[nH]n4C)CC3C2)c1C(N)=O. The van der Waals surface area contributed by atoms with Gasteiger partial charge in [-0.3, -0.25) is 19.4 Å². The number of aromatic nitrogens is 4. The molecule has 134 valence electrons. The van der Waals surface area contributed by atoms with Gasteiger partial charge in [0.1, 0.15) is 11.3 Å². The second-order valence-electron chi connectivity index (χ2n) is 7.65. The number of nitrogens with two attached hydrogens (primary N) is 1. The highest BCUT2D eigenvalue weighted by Crippen LogP contribution is 2.56. The van der Waals surface area contributed by atoms with E-state index in [0.29, 0.717) is 36.1 Å². The molecule has 25 heavy (non-hydrogen) atoms. The van der Waals surface area contributed by atoms with Crippen LogP contribution in [-0.2, 0) is 19.7 Å². The van der Waals surface area contributed by atoms with Crippen molar-refractivity contribution in [1.82, 2.24) is 19.3 Å². The van der Waals surface area contributed by atoms with Gasteiger partial charge in [-0.2, -0.15) is 0 Å². The van der Waals surface area contributed by atoms with Gasteiger partial charge in [0.25, 0.3) is 11.5 Å². The van der Waals surface area contributed by atoms with Gasteiger partial charge in [0.2, 0.25) is 0 Å². The third-order valence-electron chi connectivity index (χ3n) is 6.01. The third kappa shape index (κ3) is 2.43. The number of carbonyl (C=O) groups is 1. The topological polar surface area (TPSA) is 119 Å². The van der Waals surface area contributed by atoms with Crippen LogP contribution in [0.3, 0.4) is 0 Å². The highest BCUT2D eigenvalue weighted by atomic mass is 16.3. The maximum atomic E-state index is 11.7. The van der Waals surface area contributed by atoms with E-state index in [4.69, 9.17) is 5.73 Å². The van der Waals surface area contributed by atoms with Crippen molar-refractivity contribution in [2.75, 3.05) is 0 Å². The summed E-state index contributed by atoms with van der Waals surface area (Å²) in [5.74, 6) is 0.439. The molecule has 8 heteroatoms. The maximum Gasteiger partial charge on any atom is 0.267 e. The van der Waals surface area contributed by atoms with E-state index in [-0.39, 0.29) is 11.5 Å². The number of amides is 1. The Kier molecular flexibility index (Phi) is 3.44. The van der Waals surface area contributed by atoms with Gasteiger partial charge in [-0.05, 0) is 37.5 Å². The fourth-order valence-corrected chi connectivity index (χ4v) is 5.07. The van der Waals surface area contributed by atoms with Gasteiger partial charge in [0.05, 0.1) is 17.7 Å². The van der Waals surface area contributed by atoms with E-state index in [9.17, 15) is 14.7 Å². The monoisotopic (exact) mass is 345 g/mol. The Morgan fingerprint density at radius 3 is 2.52 bits per heavy atom. The molecule has 2 atom stereocenters. The first-order chi connectivity index (χ1) is 11.8. The van der Waals surface area contributed by atoms with Crippen LogP contribution in [0.2, 0.25) is 0 Å². The molecule has 1 amide bonds. The summed E-state index contributed by atoms with van der Waals surface area (Å²) in [7, 11) is 3.52. The van der Waals surface area contributed by atoms with Crippen LogP contribution in [-0.4, -0.2) is 30.3 Å². The number of hydrogen-bond donors (Lipinski definition) is 3. The lowest BCUT2D eigenvalue weighted by Gasteiger charge is -2.25. The normalized spacial score (nSPS) is 31.4. The molecule has 2 aliphatic carbocycles. The number of nitrogens with zero attached hydrogens (tertiary/aromatic N) is 3. The van der Waals surface area contributed by atoms with Gasteiger partial charge in [-0.15, -0.1) is 0 Å². The Bertz CT molecular complexity index is 878. The van der Waals surface area contributed by atoms with Crippen molar-refractivity contribution in [1.29, 1.82) is 0 Å². The predicted octanol–water partition coefficient (Wildman–Crippen LogP) is 0.337. The average molecular weight is 345 g/mol. The summed E-state index contributed by atoms with van der Waals surface area (Å²) >= 11 is 0. The van der Waals surface area contributed by atoms with Crippen molar-refractivity contribution in [3.63, 3.8) is 0 Å². The summed E-state index contributed by atoms with van der Waals surface area (Å²) in [4.78, 5) is 27.7. The van der Waals surface area contributed by atoms with Crippen molar-refractivity contribution < 1.29 is 9.90 Å². The molecular weight excluding hydrogens is 322 g/mol. The second kappa shape index (κ2) is 5.32. The van der Waals surface area contributed by atoms with Crippen LogP contribution < -0.4 is 11.3 Å². The van der Waals surface area contributed by atoms with Crippen LogP contribution in [0.15, 0.2) is 17.2 Å². The maximum absolute atomic E-state index is 11.7. The van der Waals surface area contributed by atoms with Crippen LogP contribution in [0.5, 0.6) is 0 Å². The number of fused-ring (bicyclic) bond motifs is 1. The number of rotatable bonds is 3. The molecule has 0 radical (unpaired) electrons. The molecule has 0 aliphatic heterocycles.